The molecule has 2 N–H and O–H groups in total. The Bertz CT molecular complexity index is 307. The molecule has 1 rings (SSSR count). The van der Waals surface area contributed by atoms with Crippen molar-refractivity contribution in [1.29, 1.82) is 0 Å². The monoisotopic (exact) mass is 245 g/mol. The van der Waals surface area contributed by atoms with Crippen LogP contribution in [0.5, 0.6) is 5.75 Å². The summed E-state index contributed by atoms with van der Waals surface area (Å²) in [5, 5.41) is 0.638. The predicted octanol–water partition coefficient (Wildman–Crippen LogP) is 2.93. The first-order valence-corrected chi connectivity index (χ1v) is 6.50. The summed E-state index contributed by atoms with van der Waals surface area (Å²) in [4.78, 5) is 0. The first kappa shape index (κ1) is 12.7. The Balaban J connectivity index is 2.47. The van der Waals surface area contributed by atoms with Crippen LogP contribution in [-0.4, -0.2) is 18.1 Å². The highest BCUT2D eigenvalue weighted by molar-refractivity contribution is 7.99. The maximum absolute atomic E-state index is 6.03. The second-order valence-electron chi connectivity index (χ2n) is 3.01. The Morgan fingerprint density at radius 2 is 2.27 bits per heavy atom. The molecule has 0 radical (unpaired) electrons. The van der Waals surface area contributed by atoms with Gasteiger partial charge in [-0.2, -0.15) is 11.8 Å². The van der Waals surface area contributed by atoms with Crippen LogP contribution in [-0.2, 0) is 6.54 Å². The molecule has 0 amide bonds. The average molecular weight is 246 g/mol. The Labute approximate surface area is 100 Å². The molecule has 0 aliphatic rings. The minimum atomic E-state index is 0.506. The first-order chi connectivity index (χ1) is 7.27. The maximum atomic E-state index is 6.03. The molecule has 84 valence electrons. The Morgan fingerprint density at radius 1 is 1.47 bits per heavy atom. The van der Waals surface area contributed by atoms with E-state index in [1.54, 1.807) is 0 Å². The van der Waals surface area contributed by atoms with Crippen molar-refractivity contribution in [3.63, 3.8) is 0 Å². The van der Waals surface area contributed by atoms with Gasteiger partial charge in [0.1, 0.15) is 5.75 Å². The molecule has 0 bridgehead atoms. The van der Waals surface area contributed by atoms with Crippen LogP contribution < -0.4 is 10.5 Å². The maximum Gasteiger partial charge on any atom is 0.137 e. The summed E-state index contributed by atoms with van der Waals surface area (Å²) in [7, 11) is 0. The molecule has 4 heteroatoms. The number of hydrogen-bond acceptors (Lipinski definition) is 3. The highest BCUT2D eigenvalue weighted by atomic mass is 35.5. The lowest BCUT2D eigenvalue weighted by Crippen LogP contribution is -2.02. The van der Waals surface area contributed by atoms with Gasteiger partial charge in [-0.05, 0) is 23.4 Å². The largest absolute Gasteiger partial charge is 0.491 e. The van der Waals surface area contributed by atoms with Crippen molar-refractivity contribution in [1.82, 2.24) is 0 Å². The fraction of sp³-hybridized carbons (Fsp3) is 0.455. The van der Waals surface area contributed by atoms with Gasteiger partial charge in [0.15, 0.2) is 0 Å². The number of nitrogens with two attached hydrogens (primary N) is 1. The molecule has 2 nitrogen and oxygen atoms in total. The molecule has 0 saturated heterocycles. The number of benzene rings is 1. The van der Waals surface area contributed by atoms with E-state index in [9.17, 15) is 0 Å². The summed E-state index contributed by atoms with van der Waals surface area (Å²) >= 11 is 7.89. The number of hydrogen-bond donors (Lipinski definition) is 1. The molecule has 0 aromatic heterocycles. The standard InChI is InChI=1S/C11H16ClNOS/c1-2-15-6-5-14-11-4-3-9(8-13)7-10(11)12/h3-4,7H,2,5-6,8,13H2,1H3. The molecule has 15 heavy (non-hydrogen) atoms. The topological polar surface area (TPSA) is 35.2 Å². The van der Waals surface area contributed by atoms with Gasteiger partial charge in [-0.1, -0.05) is 24.6 Å². The lowest BCUT2D eigenvalue weighted by molar-refractivity contribution is 0.344. The van der Waals surface area contributed by atoms with Crippen LogP contribution in [0.4, 0.5) is 0 Å². The summed E-state index contributed by atoms with van der Waals surface area (Å²) in [6.45, 7) is 3.33. The molecular weight excluding hydrogens is 230 g/mol. The van der Waals surface area contributed by atoms with Crippen LogP contribution in [0.15, 0.2) is 18.2 Å². The van der Waals surface area contributed by atoms with E-state index in [1.165, 1.54) is 0 Å². The Kier molecular flexibility index (Phi) is 5.91. The molecule has 0 heterocycles. The smallest absolute Gasteiger partial charge is 0.137 e. The number of halogens is 1. The second-order valence-corrected chi connectivity index (χ2v) is 4.82. The van der Waals surface area contributed by atoms with Gasteiger partial charge in [0.25, 0.3) is 0 Å². The Morgan fingerprint density at radius 3 is 2.87 bits per heavy atom. The lowest BCUT2D eigenvalue weighted by atomic mass is 10.2. The van der Waals surface area contributed by atoms with E-state index in [0.717, 1.165) is 22.8 Å². The van der Waals surface area contributed by atoms with Gasteiger partial charge in [-0.3, -0.25) is 0 Å². The molecule has 0 aliphatic heterocycles. The summed E-state index contributed by atoms with van der Waals surface area (Å²) < 4.78 is 5.54. The van der Waals surface area contributed by atoms with Crippen LogP contribution in [0.2, 0.25) is 5.02 Å². The molecule has 0 aliphatic carbocycles. The molecule has 1 aromatic rings. The molecular formula is C11H16ClNOS. The minimum absolute atomic E-state index is 0.506. The van der Waals surface area contributed by atoms with Crippen LogP contribution in [0.3, 0.4) is 0 Å². The normalized spacial score (nSPS) is 10.3. The van der Waals surface area contributed by atoms with Crippen LogP contribution in [0, 0.1) is 0 Å². The van der Waals surface area contributed by atoms with Gasteiger partial charge in [0, 0.05) is 12.3 Å². The minimum Gasteiger partial charge on any atom is -0.491 e. The van der Waals surface area contributed by atoms with Crippen LogP contribution in [0.1, 0.15) is 12.5 Å². The first-order valence-electron chi connectivity index (χ1n) is 4.97. The van der Waals surface area contributed by atoms with Crippen molar-refractivity contribution < 1.29 is 4.74 Å². The number of ether oxygens (including phenoxy) is 1. The third-order valence-corrected chi connectivity index (χ3v) is 3.08. The number of rotatable bonds is 6. The summed E-state index contributed by atoms with van der Waals surface area (Å²) in [6, 6.07) is 5.67. The molecule has 1 aromatic carbocycles. The highest BCUT2D eigenvalue weighted by Gasteiger charge is 2.01. The van der Waals surface area contributed by atoms with Gasteiger partial charge < -0.3 is 10.5 Å². The molecule has 0 atom stereocenters. The zero-order valence-corrected chi connectivity index (χ0v) is 10.4. The van der Waals surface area contributed by atoms with Gasteiger partial charge in [-0.25, -0.2) is 0 Å². The van der Waals surface area contributed by atoms with Gasteiger partial charge >= 0.3 is 0 Å². The third kappa shape index (κ3) is 4.33. The predicted molar refractivity (Wildman–Crippen MR) is 67.8 cm³/mol. The van der Waals surface area contributed by atoms with Crippen molar-refractivity contribution >= 4 is 23.4 Å². The summed E-state index contributed by atoms with van der Waals surface area (Å²) in [6.07, 6.45) is 0. The van der Waals surface area contributed by atoms with Crippen molar-refractivity contribution in [3.05, 3.63) is 28.8 Å². The Hall–Kier alpha value is -0.380. The zero-order valence-electron chi connectivity index (χ0n) is 8.83. The van der Waals surface area contributed by atoms with Gasteiger partial charge in [-0.15, -0.1) is 0 Å². The molecule has 0 saturated carbocycles. The van der Waals surface area contributed by atoms with Gasteiger partial charge in [0.2, 0.25) is 0 Å². The van der Waals surface area contributed by atoms with E-state index in [1.807, 2.05) is 30.0 Å². The van der Waals surface area contributed by atoms with E-state index in [0.29, 0.717) is 18.2 Å². The number of thioether (sulfide) groups is 1. The molecule has 0 spiro atoms. The summed E-state index contributed by atoms with van der Waals surface area (Å²) in [5.74, 6) is 2.85. The third-order valence-electron chi connectivity index (χ3n) is 1.92. The van der Waals surface area contributed by atoms with Crippen LogP contribution >= 0.6 is 23.4 Å². The van der Waals surface area contributed by atoms with E-state index in [-0.39, 0.29) is 0 Å². The lowest BCUT2D eigenvalue weighted by Gasteiger charge is -2.08. The van der Waals surface area contributed by atoms with Crippen molar-refractivity contribution in [2.75, 3.05) is 18.1 Å². The van der Waals surface area contributed by atoms with Crippen molar-refractivity contribution in [2.24, 2.45) is 5.73 Å². The molecule has 0 unspecified atom stereocenters. The van der Waals surface area contributed by atoms with Crippen LogP contribution in [0.25, 0.3) is 0 Å². The SMILES string of the molecule is CCSCCOc1ccc(CN)cc1Cl. The second kappa shape index (κ2) is 6.99. The van der Waals surface area contributed by atoms with Crippen molar-refractivity contribution in [3.8, 4) is 5.75 Å². The van der Waals surface area contributed by atoms with E-state index in [2.05, 4.69) is 6.92 Å². The average Bonchev–Trinajstić information content (AvgIpc) is 2.26. The zero-order chi connectivity index (χ0) is 11.1. The molecule has 0 fully saturated rings. The van der Waals surface area contributed by atoms with Gasteiger partial charge in [0.05, 0.1) is 11.6 Å². The van der Waals surface area contributed by atoms with E-state index in [4.69, 9.17) is 22.1 Å². The van der Waals surface area contributed by atoms with E-state index >= 15 is 0 Å². The quantitative estimate of drug-likeness (QED) is 0.783. The van der Waals surface area contributed by atoms with Crippen molar-refractivity contribution in [2.45, 2.75) is 13.5 Å². The fourth-order valence-electron chi connectivity index (χ4n) is 1.14. The summed E-state index contributed by atoms with van der Waals surface area (Å²) in [5.41, 5.74) is 6.53. The highest BCUT2D eigenvalue weighted by Crippen LogP contribution is 2.25. The fourth-order valence-corrected chi connectivity index (χ4v) is 1.89. The van der Waals surface area contributed by atoms with E-state index < -0.39 is 0 Å².